The third-order valence-corrected chi connectivity index (χ3v) is 4.64. The van der Waals surface area contributed by atoms with Crippen molar-refractivity contribution in [3.63, 3.8) is 0 Å². The van der Waals surface area contributed by atoms with Crippen LogP contribution in [0.3, 0.4) is 0 Å². The highest BCUT2D eigenvalue weighted by Crippen LogP contribution is 2.22. The summed E-state index contributed by atoms with van der Waals surface area (Å²) in [7, 11) is 0. The van der Waals surface area contributed by atoms with E-state index in [9.17, 15) is 9.18 Å². The molecular weight excluding hydrogens is 363 g/mol. The molecule has 25 heavy (non-hydrogen) atoms. The molecule has 0 N–H and O–H groups in total. The third-order valence-electron chi connectivity index (χ3n) is 3.34. The molecule has 6 heteroatoms. The Labute approximate surface area is 153 Å². The van der Waals surface area contributed by atoms with Crippen LogP contribution in [0.1, 0.15) is 26.1 Å². The Hall–Kier alpha value is -2.37. The molecule has 0 unspecified atom stereocenters. The van der Waals surface area contributed by atoms with Crippen molar-refractivity contribution in [3.05, 3.63) is 80.7 Å². The molecule has 0 amide bonds. The molecular formula is C19H14ClFO3S. The van der Waals surface area contributed by atoms with Crippen molar-refractivity contribution in [1.82, 2.24) is 0 Å². The molecule has 0 saturated heterocycles. The summed E-state index contributed by atoms with van der Waals surface area (Å²) < 4.78 is 24.2. The lowest BCUT2D eigenvalue weighted by Gasteiger charge is -2.04. The van der Waals surface area contributed by atoms with Crippen LogP contribution in [0.25, 0.3) is 6.08 Å². The first-order valence-electron chi connectivity index (χ1n) is 7.47. The van der Waals surface area contributed by atoms with Gasteiger partial charge in [0.25, 0.3) is 0 Å². The number of ketones is 1. The van der Waals surface area contributed by atoms with Gasteiger partial charge in [0.15, 0.2) is 5.78 Å². The highest BCUT2D eigenvalue weighted by atomic mass is 35.5. The van der Waals surface area contributed by atoms with Gasteiger partial charge in [0, 0.05) is 10.9 Å². The zero-order valence-electron chi connectivity index (χ0n) is 13.3. The van der Waals surface area contributed by atoms with Crippen LogP contribution in [0, 0.1) is 12.7 Å². The van der Waals surface area contributed by atoms with E-state index in [1.165, 1.54) is 35.6 Å². The van der Waals surface area contributed by atoms with Gasteiger partial charge in [-0.1, -0.05) is 11.6 Å². The number of hydrogen-bond acceptors (Lipinski definition) is 4. The molecule has 3 nitrogen and oxygen atoms in total. The molecule has 0 aliphatic rings. The summed E-state index contributed by atoms with van der Waals surface area (Å²) in [4.78, 5) is 13.8. The van der Waals surface area contributed by atoms with Crippen molar-refractivity contribution in [2.45, 2.75) is 13.5 Å². The maximum absolute atomic E-state index is 13.1. The van der Waals surface area contributed by atoms with Crippen LogP contribution in [-0.4, -0.2) is 5.78 Å². The maximum atomic E-state index is 13.1. The lowest BCUT2D eigenvalue weighted by molar-refractivity contribution is 0.105. The van der Waals surface area contributed by atoms with E-state index in [4.69, 9.17) is 20.8 Å². The number of aryl methyl sites for hydroxylation is 1. The fourth-order valence-electron chi connectivity index (χ4n) is 2.09. The number of hydrogen-bond donors (Lipinski definition) is 0. The number of ether oxygens (including phenoxy) is 1. The molecule has 0 bridgehead atoms. The molecule has 0 spiro atoms. The largest absolute Gasteiger partial charge is 0.486 e. The molecule has 0 fully saturated rings. The summed E-state index contributed by atoms with van der Waals surface area (Å²) >= 11 is 7.16. The smallest absolute Gasteiger partial charge is 0.195 e. The van der Waals surface area contributed by atoms with Crippen molar-refractivity contribution in [3.8, 4) is 5.75 Å². The summed E-state index contributed by atoms with van der Waals surface area (Å²) in [5.41, 5.74) is 0. The Morgan fingerprint density at radius 2 is 2.12 bits per heavy atom. The second kappa shape index (κ2) is 7.68. The van der Waals surface area contributed by atoms with E-state index in [1.54, 1.807) is 18.2 Å². The van der Waals surface area contributed by atoms with Crippen molar-refractivity contribution in [2.24, 2.45) is 0 Å². The summed E-state index contributed by atoms with van der Waals surface area (Å²) in [5, 5.41) is 0.00268. The van der Waals surface area contributed by atoms with Crippen molar-refractivity contribution >= 4 is 34.8 Å². The normalized spacial score (nSPS) is 11.2. The molecule has 0 radical (unpaired) electrons. The SMILES string of the molecule is Cc1ccc(C(=O)/C=C/c2ccc(COc3ccc(F)c(Cl)c3)o2)s1. The van der Waals surface area contributed by atoms with Gasteiger partial charge in [0.1, 0.15) is 29.7 Å². The molecule has 0 aliphatic carbocycles. The van der Waals surface area contributed by atoms with Crippen molar-refractivity contribution in [1.29, 1.82) is 0 Å². The van der Waals surface area contributed by atoms with Crippen LogP contribution < -0.4 is 4.74 Å². The minimum Gasteiger partial charge on any atom is -0.486 e. The third kappa shape index (κ3) is 4.59. The highest BCUT2D eigenvalue weighted by Gasteiger charge is 2.06. The molecule has 2 heterocycles. The first kappa shape index (κ1) is 17.5. The van der Waals surface area contributed by atoms with Gasteiger partial charge >= 0.3 is 0 Å². The number of benzene rings is 1. The number of carbonyl (C=O) groups is 1. The van der Waals surface area contributed by atoms with E-state index < -0.39 is 5.82 Å². The van der Waals surface area contributed by atoms with Crippen molar-refractivity contribution < 1.29 is 18.3 Å². The van der Waals surface area contributed by atoms with Crippen LogP contribution in [0.15, 0.2) is 53.0 Å². The van der Waals surface area contributed by atoms with Gasteiger partial charge in [-0.3, -0.25) is 4.79 Å². The zero-order valence-corrected chi connectivity index (χ0v) is 14.9. The fourth-order valence-corrected chi connectivity index (χ4v) is 3.05. The first-order chi connectivity index (χ1) is 12.0. The summed E-state index contributed by atoms with van der Waals surface area (Å²) in [6, 6.07) is 11.4. The zero-order chi connectivity index (χ0) is 17.8. The predicted octanol–water partition coefficient (Wildman–Crippen LogP) is 5.92. The fraction of sp³-hybridized carbons (Fsp3) is 0.105. The van der Waals surface area contributed by atoms with Crippen molar-refractivity contribution in [2.75, 3.05) is 0 Å². The lowest BCUT2D eigenvalue weighted by atomic mass is 10.3. The van der Waals surface area contributed by atoms with Crippen LogP contribution in [0.4, 0.5) is 4.39 Å². The number of thiophene rings is 1. The number of rotatable bonds is 6. The van der Waals surface area contributed by atoms with Gasteiger partial charge in [-0.05, 0) is 55.5 Å². The summed E-state index contributed by atoms with van der Waals surface area (Å²) in [5.74, 6) is 1.03. The molecule has 3 rings (SSSR count). The average molecular weight is 377 g/mol. The van der Waals surface area contributed by atoms with Gasteiger partial charge in [0.05, 0.1) is 9.90 Å². The minimum absolute atomic E-state index is 0.00268. The number of furan rings is 1. The van der Waals surface area contributed by atoms with Gasteiger partial charge < -0.3 is 9.15 Å². The Balaban J connectivity index is 1.59. The molecule has 0 aliphatic heterocycles. The van der Waals surface area contributed by atoms with E-state index in [-0.39, 0.29) is 17.4 Å². The van der Waals surface area contributed by atoms with Crippen LogP contribution in [0.2, 0.25) is 5.02 Å². The molecule has 0 saturated carbocycles. The van der Waals surface area contributed by atoms with Crippen LogP contribution in [0.5, 0.6) is 5.75 Å². The molecule has 128 valence electrons. The summed E-state index contributed by atoms with van der Waals surface area (Å²) in [6.45, 7) is 2.13. The Morgan fingerprint density at radius 1 is 1.28 bits per heavy atom. The van der Waals surface area contributed by atoms with Gasteiger partial charge in [0.2, 0.25) is 0 Å². The van der Waals surface area contributed by atoms with E-state index >= 15 is 0 Å². The van der Waals surface area contributed by atoms with E-state index in [0.29, 0.717) is 22.1 Å². The van der Waals surface area contributed by atoms with Gasteiger partial charge in [-0.15, -0.1) is 11.3 Å². The van der Waals surface area contributed by atoms with E-state index in [2.05, 4.69) is 0 Å². The van der Waals surface area contributed by atoms with Crippen LogP contribution in [-0.2, 0) is 6.61 Å². The molecule has 1 aromatic carbocycles. The maximum Gasteiger partial charge on any atom is 0.195 e. The minimum atomic E-state index is -0.495. The average Bonchev–Trinajstić information content (AvgIpc) is 3.23. The topological polar surface area (TPSA) is 39.4 Å². The second-order valence-corrected chi connectivity index (χ2v) is 6.97. The Kier molecular flexibility index (Phi) is 5.36. The number of allylic oxidation sites excluding steroid dienone is 1. The Morgan fingerprint density at radius 3 is 2.84 bits per heavy atom. The molecule has 0 atom stereocenters. The highest BCUT2D eigenvalue weighted by molar-refractivity contribution is 7.14. The predicted molar refractivity (Wildman–Crippen MR) is 96.9 cm³/mol. The van der Waals surface area contributed by atoms with E-state index in [1.807, 2.05) is 19.1 Å². The Bertz CT molecular complexity index is 926. The van der Waals surface area contributed by atoms with Gasteiger partial charge in [-0.25, -0.2) is 4.39 Å². The summed E-state index contributed by atoms with van der Waals surface area (Å²) in [6.07, 6.45) is 3.10. The van der Waals surface area contributed by atoms with E-state index in [0.717, 1.165) is 4.88 Å². The quantitative estimate of drug-likeness (QED) is 0.396. The molecule has 2 aromatic heterocycles. The molecule has 3 aromatic rings. The monoisotopic (exact) mass is 376 g/mol. The second-order valence-electron chi connectivity index (χ2n) is 5.28. The number of carbonyl (C=O) groups excluding carboxylic acids is 1. The van der Waals surface area contributed by atoms with Crippen LogP contribution >= 0.6 is 22.9 Å². The first-order valence-corrected chi connectivity index (χ1v) is 8.66. The van der Waals surface area contributed by atoms with Gasteiger partial charge in [-0.2, -0.15) is 0 Å². The standard InChI is InChI=1S/C19H14ClFO3S/c1-12-2-9-19(25-12)18(22)8-6-13-3-4-15(24-13)11-23-14-5-7-17(21)16(20)10-14/h2-10H,11H2,1H3/b8-6+. The lowest BCUT2D eigenvalue weighted by Crippen LogP contribution is -1.94. The number of halogens is 2.